The molecule has 1 rings (SSSR count). The van der Waals surface area contributed by atoms with Crippen molar-refractivity contribution in [1.82, 2.24) is 31.5 Å². The van der Waals surface area contributed by atoms with E-state index in [0.29, 0.717) is 21.8 Å². The van der Waals surface area contributed by atoms with Crippen molar-refractivity contribution in [2.24, 2.45) is 0 Å². The number of hydrogen-bond acceptors (Lipinski definition) is 9. The number of amides is 6. The van der Waals surface area contributed by atoms with Gasteiger partial charge in [0.2, 0.25) is 11.8 Å². The first-order valence-electron chi connectivity index (χ1n) is 9.19. The molecule has 13 heteroatoms. The fraction of sp³-hybridized carbons (Fsp3) is 0.625. The second-order valence-corrected chi connectivity index (χ2v) is 9.15. The molecule has 1 heterocycles. The van der Waals surface area contributed by atoms with Crippen molar-refractivity contribution >= 4 is 58.7 Å². The van der Waals surface area contributed by atoms with Gasteiger partial charge in [-0.05, 0) is 12.8 Å². The zero-order valence-electron chi connectivity index (χ0n) is 16.4. The van der Waals surface area contributed by atoms with Crippen LogP contribution < -0.4 is 21.3 Å². The van der Waals surface area contributed by atoms with Crippen LogP contribution in [0.2, 0.25) is 0 Å². The van der Waals surface area contributed by atoms with Gasteiger partial charge in [0.25, 0.3) is 0 Å². The number of unbranched alkanes of at least 4 members (excludes halogenated alkanes) is 2. The van der Waals surface area contributed by atoms with Gasteiger partial charge in [0.05, 0.1) is 11.5 Å². The Morgan fingerprint density at radius 3 is 1.59 bits per heavy atom. The Kier molecular flexibility index (Phi) is 13.1. The maximum Gasteiger partial charge on any atom is 0.321 e. The van der Waals surface area contributed by atoms with Gasteiger partial charge < -0.3 is 10.6 Å². The fourth-order valence-electron chi connectivity index (χ4n) is 1.74. The molecule has 0 aliphatic carbocycles. The average Bonchev–Trinajstić information content (AvgIpc) is 3.13. The summed E-state index contributed by atoms with van der Waals surface area (Å²) in [7, 11) is 0. The number of urea groups is 2. The van der Waals surface area contributed by atoms with Crippen LogP contribution in [0, 0.1) is 0 Å². The minimum atomic E-state index is -0.512. The first-order valence-corrected chi connectivity index (χ1v) is 12.0. The van der Waals surface area contributed by atoms with E-state index in [9.17, 15) is 19.2 Å². The number of thioether (sulfide) groups is 2. The molecule has 0 saturated heterocycles. The van der Waals surface area contributed by atoms with Crippen molar-refractivity contribution < 1.29 is 19.2 Å². The molecule has 162 valence electrons. The summed E-state index contributed by atoms with van der Waals surface area (Å²) >= 11 is 3.53. The van der Waals surface area contributed by atoms with Crippen molar-refractivity contribution in [3.8, 4) is 0 Å². The van der Waals surface area contributed by atoms with E-state index in [1.807, 2.05) is 13.8 Å². The smallest absolute Gasteiger partial charge is 0.321 e. The molecule has 29 heavy (non-hydrogen) atoms. The fourth-order valence-corrected chi connectivity index (χ4v) is 4.36. The molecule has 0 radical (unpaired) electrons. The molecule has 0 unspecified atom stereocenters. The third-order valence-electron chi connectivity index (χ3n) is 3.18. The summed E-state index contributed by atoms with van der Waals surface area (Å²) in [5, 5.41) is 17.6. The van der Waals surface area contributed by atoms with Crippen LogP contribution in [0.1, 0.15) is 39.5 Å². The van der Waals surface area contributed by atoms with E-state index >= 15 is 0 Å². The van der Waals surface area contributed by atoms with Crippen LogP contribution >= 0.6 is 34.9 Å². The zero-order valence-corrected chi connectivity index (χ0v) is 18.9. The van der Waals surface area contributed by atoms with E-state index in [1.54, 1.807) is 0 Å². The first kappa shape index (κ1) is 25.2. The van der Waals surface area contributed by atoms with E-state index in [2.05, 4.69) is 31.5 Å². The molecule has 6 amide bonds. The van der Waals surface area contributed by atoms with E-state index < -0.39 is 23.9 Å². The van der Waals surface area contributed by atoms with Crippen molar-refractivity contribution in [2.45, 2.75) is 48.2 Å². The Labute approximate surface area is 182 Å². The summed E-state index contributed by atoms with van der Waals surface area (Å²) in [6.07, 6.45) is 3.61. The zero-order chi connectivity index (χ0) is 21.5. The number of imide groups is 2. The molecule has 0 saturated carbocycles. The molecule has 0 atom stereocenters. The second-order valence-electron chi connectivity index (χ2n) is 5.73. The maximum atomic E-state index is 11.7. The van der Waals surface area contributed by atoms with Gasteiger partial charge in [0.15, 0.2) is 8.68 Å². The number of carbonyl (C=O) groups is 4. The van der Waals surface area contributed by atoms with Gasteiger partial charge in [0.1, 0.15) is 0 Å². The van der Waals surface area contributed by atoms with E-state index in [4.69, 9.17) is 0 Å². The number of hydrogen-bond donors (Lipinski definition) is 4. The van der Waals surface area contributed by atoms with Gasteiger partial charge in [-0.25, -0.2) is 9.59 Å². The molecule has 1 aromatic heterocycles. The average molecular weight is 463 g/mol. The quantitative estimate of drug-likeness (QED) is 0.273. The summed E-state index contributed by atoms with van der Waals surface area (Å²) < 4.78 is 1.10. The third-order valence-corrected chi connectivity index (χ3v) is 6.37. The van der Waals surface area contributed by atoms with Crippen LogP contribution in [0.15, 0.2) is 8.68 Å². The highest BCUT2D eigenvalue weighted by atomic mass is 32.2. The molecule has 0 fully saturated rings. The lowest BCUT2D eigenvalue weighted by atomic mass is 10.3. The minimum Gasteiger partial charge on any atom is -0.338 e. The monoisotopic (exact) mass is 462 g/mol. The molecule has 0 bridgehead atoms. The Balaban J connectivity index is 2.25. The number of carbonyl (C=O) groups excluding carboxylic acids is 4. The summed E-state index contributed by atoms with van der Waals surface area (Å²) in [6.45, 7) is 5.06. The molecule has 0 aliphatic rings. The Bertz CT molecular complexity index is 631. The number of nitrogens with one attached hydrogen (secondary N) is 4. The molecule has 10 nitrogen and oxygen atoms in total. The molecule has 0 spiro atoms. The SMILES string of the molecule is CCCCNC(=O)NC(=O)CSc1nnc(SCC(=O)NC(=O)NCCCC)s1. The lowest BCUT2D eigenvalue weighted by Crippen LogP contribution is -2.40. The minimum absolute atomic E-state index is 0.0267. The molecule has 4 N–H and O–H groups in total. The summed E-state index contributed by atoms with van der Waals surface area (Å²) in [4.78, 5) is 46.5. The molecular formula is C16H26N6O4S3. The number of aromatic nitrogens is 2. The van der Waals surface area contributed by atoms with Crippen molar-refractivity contribution in [3.63, 3.8) is 0 Å². The topological polar surface area (TPSA) is 142 Å². The van der Waals surface area contributed by atoms with Crippen molar-refractivity contribution in [1.29, 1.82) is 0 Å². The largest absolute Gasteiger partial charge is 0.338 e. The molecule has 0 aliphatic heterocycles. The van der Waals surface area contributed by atoms with Crippen LogP contribution in [-0.4, -0.2) is 58.7 Å². The highest BCUT2D eigenvalue weighted by molar-refractivity contribution is 8.03. The van der Waals surface area contributed by atoms with E-state index in [-0.39, 0.29) is 11.5 Å². The normalized spacial score (nSPS) is 10.3. The number of nitrogens with zero attached hydrogens (tertiary/aromatic N) is 2. The van der Waals surface area contributed by atoms with Crippen LogP contribution in [0.25, 0.3) is 0 Å². The van der Waals surface area contributed by atoms with Gasteiger partial charge in [-0.3, -0.25) is 20.2 Å². The maximum absolute atomic E-state index is 11.7. The van der Waals surface area contributed by atoms with Crippen LogP contribution in [-0.2, 0) is 9.59 Å². The Hall–Kier alpha value is -1.86. The summed E-state index contributed by atoms with van der Waals surface area (Å²) in [5.74, 6) is -0.804. The Morgan fingerprint density at radius 2 is 1.21 bits per heavy atom. The van der Waals surface area contributed by atoms with E-state index in [1.165, 1.54) is 11.3 Å². The predicted octanol–water partition coefficient (Wildman–Crippen LogP) is 1.97. The third kappa shape index (κ3) is 12.3. The molecular weight excluding hydrogens is 436 g/mol. The number of rotatable bonds is 12. The molecule has 0 aromatic carbocycles. The van der Waals surface area contributed by atoms with Gasteiger partial charge in [-0.2, -0.15) is 0 Å². The van der Waals surface area contributed by atoms with Gasteiger partial charge >= 0.3 is 12.1 Å². The second kappa shape index (κ2) is 15.0. The lowest BCUT2D eigenvalue weighted by molar-refractivity contribution is -0.118. The summed E-state index contributed by atoms with van der Waals surface area (Å²) in [5.41, 5.74) is 0. The van der Waals surface area contributed by atoms with Crippen molar-refractivity contribution in [3.05, 3.63) is 0 Å². The standard InChI is InChI=1S/C16H26N6O4S3/c1-3-5-7-17-13(25)19-11(23)9-27-15-21-22-16(29-15)28-10-12(24)20-14(26)18-8-6-4-2/h3-10H2,1-2H3,(H2,17,19,23,25)(H2,18,20,24,26). The lowest BCUT2D eigenvalue weighted by Gasteiger charge is -2.05. The summed E-state index contributed by atoms with van der Waals surface area (Å²) in [6, 6.07) is -1.02. The predicted molar refractivity (Wildman–Crippen MR) is 114 cm³/mol. The van der Waals surface area contributed by atoms with Gasteiger partial charge in [-0.15, -0.1) is 10.2 Å². The van der Waals surface area contributed by atoms with Crippen molar-refractivity contribution in [2.75, 3.05) is 24.6 Å². The van der Waals surface area contributed by atoms with Crippen LogP contribution in [0.3, 0.4) is 0 Å². The Morgan fingerprint density at radius 1 is 0.793 bits per heavy atom. The van der Waals surface area contributed by atoms with Crippen LogP contribution in [0.5, 0.6) is 0 Å². The van der Waals surface area contributed by atoms with Crippen LogP contribution in [0.4, 0.5) is 9.59 Å². The first-order chi connectivity index (χ1) is 13.9. The molecule has 1 aromatic rings. The highest BCUT2D eigenvalue weighted by Crippen LogP contribution is 2.28. The van der Waals surface area contributed by atoms with E-state index in [0.717, 1.165) is 49.2 Å². The highest BCUT2D eigenvalue weighted by Gasteiger charge is 2.13. The van der Waals surface area contributed by atoms with Gasteiger partial charge in [-0.1, -0.05) is 61.5 Å². The van der Waals surface area contributed by atoms with Gasteiger partial charge in [0, 0.05) is 13.1 Å².